The highest BCUT2D eigenvalue weighted by atomic mass is 79.9. The van der Waals surface area contributed by atoms with Gasteiger partial charge in [0.15, 0.2) is 11.5 Å². The summed E-state index contributed by atoms with van der Waals surface area (Å²) in [6.45, 7) is 2.35. The second kappa shape index (κ2) is 3.75. The lowest BCUT2D eigenvalue weighted by Crippen LogP contribution is -1.92. The molecule has 2 heterocycles. The lowest BCUT2D eigenvalue weighted by molar-refractivity contribution is 0.174. The zero-order chi connectivity index (χ0) is 11.1. The zero-order valence-electron chi connectivity index (χ0n) is 8.49. The Morgan fingerprint density at radius 1 is 1.31 bits per heavy atom. The van der Waals surface area contributed by atoms with E-state index in [1.165, 1.54) is 0 Å². The molecule has 0 amide bonds. The SMILES string of the molecule is Cc1cc2c(cc1-c1nc(Br)cs1)OCO2. The summed E-state index contributed by atoms with van der Waals surface area (Å²) in [6, 6.07) is 3.98. The second-order valence-corrected chi connectivity index (χ2v) is 5.17. The lowest BCUT2D eigenvalue weighted by Gasteiger charge is -2.04. The van der Waals surface area contributed by atoms with Crippen LogP contribution < -0.4 is 9.47 Å². The molecule has 0 unspecified atom stereocenters. The van der Waals surface area contributed by atoms with Crippen LogP contribution in [0.4, 0.5) is 0 Å². The normalized spacial score (nSPS) is 13.1. The summed E-state index contributed by atoms with van der Waals surface area (Å²) in [5.74, 6) is 1.61. The molecule has 0 spiro atoms. The van der Waals surface area contributed by atoms with Gasteiger partial charge in [0.05, 0.1) is 0 Å². The minimum atomic E-state index is 0.305. The molecule has 2 aromatic rings. The number of nitrogens with zero attached hydrogens (tertiary/aromatic N) is 1. The van der Waals surface area contributed by atoms with Crippen LogP contribution in [0.15, 0.2) is 22.1 Å². The smallest absolute Gasteiger partial charge is 0.231 e. The first kappa shape index (κ1) is 10.1. The molecule has 0 saturated heterocycles. The summed E-state index contributed by atoms with van der Waals surface area (Å²) < 4.78 is 11.6. The largest absolute Gasteiger partial charge is 0.454 e. The number of ether oxygens (including phenoxy) is 2. The van der Waals surface area contributed by atoms with Crippen molar-refractivity contribution >= 4 is 27.3 Å². The van der Waals surface area contributed by atoms with Gasteiger partial charge < -0.3 is 9.47 Å². The summed E-state index contributed by atoms with van der Waals surface area (Å²) in [5, 5.41) is 2.96. The highest BCUT2D eigenvalue weighted by Gasteiger charge is 2.17. The number of fused-ring (bicyclic) bond motifs is 1. The fourth-order valence-electron chi connectivity index (χ4n) is 1.65. The van der Waals surface area contributed by atoms with Crippen LogP contribution in [0.1, 0.15) is 5.56 Å². The van der Waals surface area contributed by atoms with Crippen molar-refractivity contribution in [2.45, 2.75) is 6.92 Å². The van der Waals surface area contributed by atoms with Crippen molar-refractivity contribution in [1.82, 2.24) is 4.98 Å². The van der Waals surface area contributed by atoms with Gasteiger partial charge in [-0.2, -0.15) is 0 Å². The molecule has 1 aromatic heterocycles. The molecule has 16 heavy (non-hydrogen) atoms. The molecule has 1 aromatic carbocycles. The fraction of sp³-hybridized carbons (Fsp3) is 0.182. The molecule has 3 nitrogen and oxygen atoms in total. The number of rotatable bonds is 1. The first-order valence-electron chi connectivity index (χ1n) is 4.75. The quantitative estimate of drug-likeness (QED) is 0.806. The molecule has 5 heteroatoms. The lowest BCUT2D eigenvalue weighted by atomic mass is 10.1. The van der Waals surface area contributed by atoms with Gasteiger partial charge in [0, 0.05) is 10.9 Å². The maximum atomic E-state index is 5.37. The van der Waals surface area contributed by atoms with Crippen LogP contribution in [0.3, 0.4) is 0 Å². The summed E-state index contributed by atoms with van der Waals surface area (Å²) in [6.07, 6.45) is 0. The van der Waals surface area contributed by atoms with Crippen LogP contribution in [0.25, 0.3) is 10.6 Å². The average molecular weight is 298 g/mol. The van der Waals surface area contributed by atoms with E-state index in [2.05, 4.69) is 20.9 Å². The number of hydrogen-bond donors (Lipinski definition) is 0. The molecule has 0 radical (unpaired) electrons. The molecular formula is C11H8BrNO2S. The number of halogens is 1. The van der Waals surface area contributed by atoms with E-state index in [1.807, 2.05) is 24.4 Å². The minimum absolute atomic E-state index is 0.305. The van der Waals surface area contributed by atoms with Crippen molar-refractivity contribution in [3.05, 3.63) is 27.7 Å². The van der Waals surface area contributed by atoms with Gasteiger partial charge in [-0.15, -0.1) is 11.3 Å². The fourth-order valence-corrected chi connectivity index (χ4v) is 2.99. The van der Waals surface area contributed by atoms with Crippen molar-refractivity contribution < 1.29 is 9.47 Å². The van der Waals surface area contributed by atoms with Crippen LogP contribution in [-0.2, 0) is 0 Å². The van der Waals surface area contributed by atoms with E-state index in [-0.39, 0.29) is 0 Å². The predicted molar refractivity (Wildman–Crippen MR) is 66.1 cm³/mol. The Morgan fingerprint density at radius 2 is 2.06 bits per heavy atom. The first-order valence-corrected chi connectivity index (χ1v) is 6.43. The molecule has 0 aliphatic carbocycles. The van der Waals surface area contributed by atoms with E-state index < -0.39 is 0 Å². The van der Waals surface area contributed by atoms with Gasteiger partial charge in [-0.05, 0) is 40.5 Å². The van der Waals surface area contributed by atoms with Gasteiger partial charge in [-0.25, -0.2) is 4.98 Å². The molecule has 1 aliphatic heterocycles. The van der Waals surface area contributed by atoms with Crippen LogP contribution in [0.2, 0.25) is 0 Å². The second-order valence-electron chi connectivity index (χ2n) is 3.50. The van der Waals surface area contributed by atoms with Crippen molar-refractivity contribution in [3.63, 3.8) is 0 Å². The van der Waals surface area contributed by atoms with E-state index in [9.17, 15) is 0 Å². The van der Waals surface area contributed by atoms with E-state index in [0.29, 0.717) is 6.79 Å². The minimum Gasteiger partial charge on any atom is -0.454 e. The summed E-state index contributed by atoms with van der Waals surface area (Å²) in [7, 11) is 0. The summed E-state index contributed by atoms with van der Waals surface area (Å²) >= 11 is 4.97. The van der Waals surface area contributed by atoms with Crippen molar-refractivity contribution in [3.8, 4) is 22.1 Å². The van der Waals surface area contributed by atoms with Crippen LogP contribution in [0.5, 0.6) is 11.5 Å². The molecule has 0 N–H and O–H groups in total. The van der Waals surface area contributed by atoms with Crippen molar-refractivity contribution in [2.24, 2.45) is 0 Å². The van der Waals surface area contributed by atoms with E-state index in [1.54, 1.807) is 11.3 Å². The predicted octanol–water partition coefficient (Wildman–Crippen LogP) is 3.61. The van der Waals surface area contributed by atoms with E-state index >= 15 is 0 Å². The molecule has 1 aliphatic rings. The maximum absolute atomic E-state index is 5.37. The highest BCUT2D eigenvalue weighted by Crippen LogP contribution is 2.39. The number of hydrogen-bond acceptors (Lipinski definition) is 4. The Hall–Kier alpha value is -1.07. The zero-order valence-corrected chi connectivity index (χ0v) is 10.9. The van der Waals surface area contributed by atoms with Gasteiger partial charge in [0.1, 0.15) is 9.61 Å². The first-order chi connectivity index (χ1) is 7.74. The van der Waals surface area contributed by atoms with E-state index in [0.717, 1.165) is 32.2 Å². The Morgan fingerprint density at radius 3 is 2.75 bits per heavy atom. The van der Waals surface area contributed by atoms with Crippen molar-refractivity contribution in [2.75, 3.05) is 6.79 Å². The maximum Gasteiger partial charge on any atom is 0.231 e. The van der Waals surface area contributed by atoms with Gasteiger partial charge in [0.25, 0.3) is 0 Å². The van der Waals surface area contributed by atoms with E-state index in [4.69, 9.17) is 9.47 Å². The van der Waals surface area contributed by atoms with Gasteiger partial charge in [0.2, 0.25) is 6.79 Å². The van der Waals surface area contributed by atoms with Gasteiger partial charge >= 0.3 is 0 Å². The monoisotopic (exact) mass is 297 g/mol. The molecule has 0 atom stereocenters. The van der Waals surface area contributed by atoms with Gasteiger partial charge in [-0.3, -0.25) is 0 Å². The van der Waals surface area contributed by atoms with Gasteiger partial charge in [-0.1, -0.05) is 0 Å². The van der Waals surface area contributed by atoms with Crippen LogP contribution in [0, 0.1) is 6.92 Å². The molecule has 82 valence electrons. The number of benzene rings is 1. The Balaban J connectivity index is 2.14. The third-order valence-electron chi connectivity index (χ3n) is 2.43. The Labute approximate surface area is 105 Å². The summed E-state index contributed by atoms with van der Waals surface area (Å²) in [5.41, 5.74) is 2.24. The number of aromatic nitrogens is 1. The molecule has 0 saturated carbocycles. The topological polar surface area (TPSA) is 31.4 Å². The Kier molecular flexibility index (Phi) is 2.37. The molecule has 0 fully saturated rings. The van der Waals surface area contributed by atoms with Crippen LogP contribution in [-0.4, -0.2) is 11.8 Å². The third-order valence-corrected chi connectivity index (χ3v) is 4.01. The van der Waals surface area contributed by atoms with Crippen LogP contribution >= 0.6 is 27.3 Å². The molecule has 0 bridgehead atoms. The average Bonchev–Trinajstić information content (AvgIpc) is 2.84. The summed E-state index contributed by atoms with van der Waals surface area (Å²) in [4.78, 5) is 4.41. The number of aryl methyl sites for hydroxylation is 1. The third kappa shape index (κ3) is 1.60. The molecule has 3 rings (SSSR count). The highest BCUT2D eigenvalue weighted by molar-refractivity contribution is 9.10. The molecular weight excluding hydrogens is 290 g/mol. The number of thiazole rings is 1. The Bertz CT molecular complexity index is 553. The van der Waals surface area contributed by atoms with Crippen molar-refractivity contribution in [1.29, 1.82) is 0 Å². The standard InChI is InChI=1S/C11H8BrNO2S/c1-6-2-8-9(15-5-14-8)3-7(6)11-13-10(12)4-16-11/h2-4H,5H2,1H3.